The molecular formula is C18H37IN6. The number of aliphatic imine (C=N–C) groups is 1. The van der Waals surface area contributed by atoms with E-state index in [1.54, 1.807) is 0 Å². The summed E-state index contributed by atoms with van der Waals surface area (Å²) in [5.41, 5.74) is 2.31. The Bertz CT molecular complexity index is 482. The van der Waals surface area contributed by atoms with Crippen molar-refractivity contribution in [2.75, 3.05) is 39.8 Å². The van der Waals surface area contributed by atoms with Gasteiger partial charge in [-0.15, -0.1) is 24.0 Å². The van der Waals surface area contributed by atoms with Crippen molar-refractivity contribution in [2.24, 2.45) is 4.99 Å². The summed E-state index contributed by atoms with van der Waals surface area (Å²) in [6.45, 7) is 14.9. The number of rotatable bonds is 11. The van der Waals surface area contributed by atoms with Crippen molar-refractivity contribution in [3.8, 4) is 0 Å². The highest BCUT2D eigenvalue weighted by Gasteiger charge is 2.02. The van der Waals surface area contributed by atoms with Gasteiger partial charge in [0.1, 0.15) is 0 Å². The van der Waals surface area contributed by atoms with Crippen LogP contribution in [0.4, 0.5) is 0 Å². The highest BCUT2D eigenvalue weighted by atomic mass is 127. The number of guanidine groups is 1. The highest BCUT2D eigenvalue weighted by molar-refractivity contribution is 14.0. The van der Waals surface area contributed by atoms with Gasteiger partial charge in [-0.25, -0.2) is 0 Å². The summed E-state index contributed by atoms with van der Waals surface area (Å²) in [5, 5.41) is 11.3. The predicted molar refractivity (Wildman–Crippen MR) is 118 cm³/mol. The molecule has 0 bridgehead atoms. The zero-order valence-electron chi connectivity index (χ0n) is 16.6. The van der Waals surface area contributed by atoms with Gasteiger partial charge in [-0.05, 0) is 58.8 Å². The molecule has 1 aromatic rings. The van der Waals surface area contributed by atoms with Crippen LogP contribution in [-0.2, 0) is 6.54 Å². The average Bonchev–Trinajstić information content (AvgIpc) is 2.90. The fraction of sp³-hybridized carbons (Fsp3) is 0.778. The van der Waals surface area contributed by atoms with Crippen LogP contribution in [0, 0.1) is 13.8 Å². The summed E-state index contributed by atoms with van der Waals surface area (Å²) < 4.78 is 2.07. The van der Waals surface area contributed by atoms with E-state index in [4.69, 9.17) is 0 Å². The van der Waals surface area contributed by atoms with E-state index in [0.29, 0.717) is 0 Å². The molecule has 0 aliphatic heterocycles. The zero-order chi connectivity index (χ0) is 17.8. The number of halogens is 1. The lowest BCUT2D eigenvalue weighted by molar-refractivity contribution is 0.297. The Labute approximate surface area is 170 Å². The minimum atomic E-state index is 0. The van der Waals surface area contributed by atoms with E-state index in [2.05, 4.69) is 57.1 Å². The second-order valence-electron chi connectivity index (χ2n) is 6.16. The van der Waals surface area contributed by atoms with Gasteiger partial charge in [0, 0.05) is 32.4 Å². The fourth-order valence-corrected chi connectivity index (χ4v) is 2.76. The summed E-state index contributed by atoms with van der Waals surface area (Å²) in [4.78, 5) is 6.75. The smallest absolute Gasteiger partial charge is 0.190 e. The Hall–Kier alpha value is -0.830. The van der Waals surface area contributed by atoms with Gasteiger partial charge in [0.05, 0.1) is 5.69 Å². The van der Waals surface area contributed by atoms with Gasteiger partial charge in [-0.1, -0.05) is 13.8 Å². The molecule has 0 fully saturated rings. The van der Waals surface area contributed by atoms with E-state index in [1.807, 2.05) is 14.0 Å². The van der Waals surface area contributed by atoms with Gasteiger partial charge in [-0.2, -0.15) is 5.10 Å². The predicted octanol–water partition coefficient (Wildman–Crippen LogP) is 2.80. The Morgan fingerprint density at radius 1 is 1.12 bits per heavy atom. The maximum atomic E-state index is 4.48. The van der Waals surface area contributed by atoms with Crippen LogP contribution >= 0.6 is 24.0 Å². The second-order valence-corrected chi connectivity index (χ2v) is 6.16. The highest BCUT2D eigenvalue weighted by Crippen LogP contribution is 2.02. The Morgan fingerprint density at radius 2 is 1.76 bits per heavy atom. The van der Waals surface area contributed by atoms with Gasteiger partial charge >= 0.3 is 0 Å². The third-order valence-electron chi connectivity index (χ3n) is 4.25. The van der Waals surface area contributed by atoms with Crippen LogP contribution in [0.2, 0.25) is 0 Å². The van der Waals surface area contributed by atoms with Crippen LogP contribution in [0.15, 0.2) is 11.1 Å². The van der Waals surface area contributed by atoms with Crippen LogP contribution in [0.5, 0.6) is 0 Å². The number of unbranched alkanes of at least 4 members (excludes halogenated alkanes) is 1. The van der Waals surface area contributed by atoms with Gasteiger partial charge in [-0.3, -0.25) is 9.67 Å². The number of aryl methyl sites for hydroxylation is 3. The molecule has 0 spiro atoms. The van der Waals surface area contributed by atoms with E-state index in [-0.39, 0.29) is 24.0 Å². The second kappa shape index (κ2) is 14.4. The number of nitrogens with one attached hydrogen (secondary N) is 2. The summed E-state index contributed by atoms with van der Waals surface area (Å²) in [5.74, 6) is 0.895. The third kappa shape index (κ3) is 10.0. The van der Waals surface area contributed by atoms with E-state index in [9.17, 15) is 0 Å². The first-order valence-corrected chi connectivity index (χ1v) is 9.28. The lowest BCUT2D eigenvalue weighted by Crippen LogP contribution is -2.38. The lowest BCUT2D eigenvalue weighted by atomic mass is 10.3. The van der Waals surface area contributed by atoms with E-state index in [1.165, 1.54) is 25.1 Å². The first-order valence-electron chi connectivity index (χ1n) is 9.28. The number of nitrogens with zero attached hydrogens (tertiary/aromatic N) is 4. The molecule has 7 heteroatoms. The molecule has 0 saturated carbocycles. The van der Waals surface area contributed by atoms with Crippen molar-refractivity contribution in [2.45, 2.75) is 53.5 Å². The quantitative estimate of drug-likeness (QED) is 0.229. The molecule has 25 heavy (non-hydrogen) atoms. The molecule has 1 rings (SSSR count). The van der Waals surface area contributed by atoms with Crippen molar-refractivity contribution in [1.29, 1.82) is 0 Å². The van der Waals surface area contributed by atoms with E-state index in [0.717, 1.165) is 50.8 Å². The standard InChI is InChI=1S/C18H36N6.HI/c1-6-23(7-2)13-9-8-11-20-18(19-5)21-12-10-14-24-17(4)15-16(3)22-24;/h15H,6-14H2,1-5H3,(H2,19,20,21);1H. The van der Waals surface area contributed by atoms with Crippen molar-refractivity contribution in [3.05, 3.63) is 17.5 Å². The van der Waals surface area contributed by atoms with Crippen molar-refractivity contribution < 1.29 is 0 Å². The summed E-state index contributed by atoms with van der Waals surface area (Å²) in [6.07, 6.45) is 3.43. The molecule has 1 aromatic heterocycles. The topological polar surface area (TPSA) is 57.5 Å². The molecule has 0 amide bonds. The largest absolute Gasteiger partial charge is 0.356 e. The molecule has 146 valence electrons. The van der Waals surface area contributed by atoms with Gasteiger partial charge in [0.15, 0.2) is 5.96 Å². The zero-order valence-corrected chi connectivity index (χ0v) is 19.0. The van der Waals surface area contributed by atoms with Crippen LogP contribution in [-0.4, -0.2) is 60.4 Å². The first-order chi connectivity index (χ1) is 11.6. The lowest BCUT2D eigenvalue weighted by Gasteiger charge is -2.18. The maximum absolute atomic E-state index is 4.48. The first kappa shape index (κ1) is 24.2. The minimum absolute atomic E-state index is 0. The molecule has 0 atom stereocenters. The van der Waals surface area contributed by atoms with Crippen molar-refractivity contribution in [1.82, 2.24) is 25.3 Å². The number of hydrogen-bond acceptors (Lipinski definition) is 3. The molecule has 0 aliphatic rings. The van der Waals surface area contributed by atoms with Crippen molar-refractivity contribution in [3.63, 3.8) is 0 Å². The van der Waals surface area contributed by atoms with E-state index >= 15 is 0 Å². The molecule has 0 saturated heterocycles. The Kier molecular flexibility index (Phi) is 13.9. The normalized spacial score (nSPS) is 11.5. The number of aromatic nitrogens is 2. The summed E-state index contributed by atoms with van der Waals surface area (Å²) in [7, 11) is 1.83. The van der Waals surface area contributed by atoms with Crippen LogP contribution in [0.3, 0.4) is 0 Å². The molecule has 1 heterocycles. The van der Waals surface area contributed by atoms with Crippen molar-refractivity contribution >= 4 is 29.9 Å². The van der Waals surface area contributed by atoms with Crippen LogP contribution in [0.25, 0.3) is 0 Å². The van der Waals surface area contributed by atoms with Gasteiger partial charge in [0.2, 0.25) is 0 Å². The molecule has 0 unspecified atom stereocenters. The van der Waals surface area contributed by atoms with Crippen LogP contribution in [0.1, 0.15) is 44.5 Å². The molecule has 6 nitrogen and oxygen atoms in total. The molecule has 0 aliphatic carbocycles. The average molecular weight is 464 g/mol. The third-order valence-corrected chi connectivity index (χ3v) is 4.25. The number of hydrogen-bond donors (Lipinski definition) is 2. The molecular weight excluding hydrogens is 427 g/mol. The van der Waals surface area contributed by atoms with Gasteiger partial charge in [0.25, 0.3) is 0 Å². The maximum Gasteiger partial charge on any atom is 0.190 e. The monoisotopic (exact) mass is 464 g/mol. The molecule has 0 aromatic carbocycles. The fourth-order valence-electron chi connectivity index (χ4n) is 2.76. The van der Waals surface area contributed by atoms with E-state index < -0.39 is 0 Å². The summed E-state index contributed by atoms with van der Waals surface area (Å²) >= 11 is 0. The molecule has 2 N–H and O–H groups in total. The minimum Gasteiger partial charge on any atom is -0.356 e. The Morgan fingerprint density at radius 3 is 2.28 bits per heavy atom. The SMILES string of the molecule is CCN(CC)CCCCNC(=NC)NCCCn1nc(C)cc1C.I. The van der Waals surface area contributed by atoms with Gasteiger partial charge < -0.3 is 15.5 Å². The summed E-state index contributed by atoms with van der Waals surface area (Å²) in [6, 6.07) is 2.12. The Balaban J connectivity index is 0.00000576. The molecule has 0 radical (unpaired) electrons. The van der Waals surface area contributed by atoms with Crippen LogP contribution < -0.4 is 10.6 Å².